The van der Waals surface area contributed by atoms with Gasteiger partial charge in [0.25, 0.3) is 0 Å². The Morgan fingerprint density at radius 2 is 2.57 bits per heavy atom. The normalized spacial score (nSPS) is 7.57. The van der Waals surface area contributed by atoms with E-state index in [0.29, 0.717) is 0 Å². The van der Waals surface area contributed by atoms with E-state index in [1.807, 2.05) is 5.32 Å². The molecule has 0 saturated heterocycles. The lowest BCUT2D eigenvalue weighted by Gasteiger charge is -1.86. The number of hydrogen-bond donors (Lipinski definition) is 1. The number of rotatable bonds is 3. The Morgan fingerprint density at radius 1 is 2.00 bits per heavy atom. The first-order valence-corrected chi connectivity index (χ1v) is 1.70. The Kier molecular flexibility index (Phi) is 2.92. The van der Waals surface area contributed by atoms with Gasteiger partial charge in [0.2, 0.25) is 0 Å². The Balaban J connectivity index is 2.97. The molecule has 0 spiro atoms. The van der Waals surface area contributed by atoms with E-state index in [2.05, 4.69) is 6.58 Å². The van der Waals surface area contributed by atoms with Gasteiger partial charge in [0.15, 0.2) is 0 Å². The average molecular weight is 102 g/mol. The van der Waals surface area contributed by atoms with E-state index in [0.717, 1.165) is 0 Å². The summed E-state index contributed by atoms with van der Waals surface area (Å²) in [7, 11) is 0. The predicted molar refractivity (Wildman–Crippen MR) is 23.9 cm³/mol. The maximum Gasteiger partial charge on any atom is 0.309 e. The SMILES string of the molecule is C=C(F)CN[C]=O. The van der Waals surface area contributed by atoms with Gasteiger partial charge in [-0.05, 0) is 0 Å². The van der Waals surface area contributed by atoms with Crippen molar-refractivity contribution in [2.45, 2.75) is 0 Å². The topological polar surface area (TPSA) is 29.1 Å². The molecule has 0 rings (SSSR count). The van der Waals surface area contributed by atoms with Crippen LogP contribution in [-0.4, -0.2) is 13.0 Å². The summed E-state index contributed by atoms with van der Waals surface area (Å²) in [6.45, 7) is 2.75. The lowest BCUT2D eigenvalue weighted by Crippen LogP contribution is -2.11. The van der Waals surface area contributed by atoms with Crippen LogP contribution in [0.2, 0.25) is 0 Å². The molecule has 0 atom stereocenters. The van der Waals surface area contributed by atoms with Crippen LogP contribution in [0.1, 0.15) is 0 Å². The van der Waals surface area contributed by atoms with Crippen LogP contribution in [0.4, 0.5) is 4.39 Å². The van der Waals surface area contributed by atoms with Gasteiger partial charge in [-0.1, -0.05) is 6.58 Å². The van der Waals surface area contributed by atoms with Gasteiger partial charge >= 0.3 is 6.41 Å². The molecule has 0 aliphatic heterocycles. The van der Waals surface area contributed by atoms with Crippen LogP contribution in [0.15, 0.2) is 12.4 Å². The van der Waals surface area contributed by atoms with Crippen LogP contribution in [-0.2, 0) is 4.79 Å². The molecule has 1 N–H and O–H groups in total. The van der Waals surface area contributed by atoms with Crippen molar-refractivity contribution in [3.05, 3.63) is 12.4 Å². The molecule has 0 unspecified atom stereocenters. The minimum absolute atomic E-state index is 0.135. The highest BCUT2D eigenvalue weighted by Gasteiger charge is 1.83. The summed E-state index contributed by atoms with van der Waals surface area (Å²) >= 11 is 0. The smallest absolute Gasteiger partial charge is 0.309 e. The van der Waals surface area contributed by atoms with Gasteiger partial charge in [0, 0.05) is 0 Å². The van der Waals surface area contributed by atoms with Gasteiger partial charge in [0.1, 0.15) is 5.83 Å². The number of amides is 1. The Morgan fingerprint density at radius 3 is 2.71 bits per heavy atom. The molecule has 0 aliphatic carbocycles. The second-order valence-electron chi connectivity index (χ2n) is 0.973. The molecule has 0 aromatic heterocycles. The fraction of sp³-hybridized carbons (Fsp3) is 0.250. The van der Waals surface area contributed by atoms with Crippen molar-refractivity contribution >= 4 is 6.41 Å². The van der Waals surface area contributed by atoms with Crippen molar-refractivity contribution in [1.29, 1.82) is 0 Å². The molecule has 39 valence electrons. The minimum atomic E-state index is -0.566. The molecule has 1 radical (unpaired) electrons. The van der Waals surface area contributed by atoms with Crippen LogP contribution in [0, 0.1) is 0 Å². The molecule has 2 nitrogen and oxygen atoms in total. The summed E-state index contributed by atoms with van der Waals surface area (Å²) in [5, 5.41) is 1.97. The number of carbonyl (C=O) groups excluding carboxylic acids is 1. The monoisotopic (exact) mass is 102 g/mol. The second kappa shape index (κ2) is 3.33. The van der Waals surface area contributed by atoms with Crippen molar-refractivity contribution in [3.8, 4) is 0 Å². The molecule has 0 fully saturated rings. The quantitative estimate of drug-likeness (QED) is 0.504. The van der Waals surface area contributed by atoms with Crippen LogP contribution in [0.25, 0.3) is 0 Å². The highest BCUT2D eigenvalue weighted by atomic mass is 19.1. The molecule has 0 saturated carbocycles. The first-order chi connectivity index (χ1) is 3.27. The molecule has 0 aromatic carbocycles. The molecule has 1 amide bonds. The number of hydrogen-bond acceptors (Lipinski definition) is 1. The molecular weight excluding hydrogens is 97.0 g/mol. The average Bonchev–Trinajstić information content (AvgIpc) is 1.61. The number of halogens is 1. The zero-order valence-electron chi connectivity index (χ0n) is 3.70. The van der Waals surface area contributed by atoms with Crippen LogP contribution >= 0.6 is 0 Å². The minimum Gasteiger partial charge on any atom is -0.341 e. The van der Waals surface area contributed by atoms with Crippen molar-refractivity contribution < 1.29 is 9.18 Å². The third-order valence-electron chi connectivity index (χ3n) is 0.352. The van der Waals surface area contributed by atoms with Crippen LogP contribution in [0.3, 0.4) is 0 Å². The van der Waals surface area contributed by atoms with E-state index in [1.165, 1.54) is 6.41 Å². The number of nitrogens with one attached hydrogen (secondary N) is 1. The largest absolute Gasteiger partial charge is 0.341 e. The molecule has 0 heterocycles. The van der Waals surface area contributed by atoms with E-state index < -0.39 is 5.83 Å². The summed E-state index contributed by atoms with van der Waals surface area (Å²) in [6.07, 6.45) is 1.30. The maximum atomic E-state index is 11.5. The Bertz CT molecular complexity index is 81.8. The zero-order chi connectivity index (χ0) is 5.70. The summed E-state index contributed by atoms with van der Waals surface area (Å²) in [5.41, 5.74) is 0. The molecule has 0 bridgehead atoms. The standard InChI is InChI=1S/C4H5FNO/c1-4(5)2-6-3-7/h1-2H2,(H,6,7). The van der Waals surface area contributed by atoms with E-state index in [1.54, 1.807) is 0 Å². The zero-order valence-corrected chi connectivity index (χ0v) is 3.70. The third-order valence-corrected chi connectivity index (χ3v) is 0.352. The van der Waals surface area contributed by atoms with Crippen LogP contribution < -0.4 is 5.32 Å². The first kappa shape index (κ1) is 6.14. The third kappa shape index (κ3) is 5.14. The van der Waals surface area contributed by atoms with Gasteiger partial charge < -0.3 is 5.32 Å². The molecular formula is C4H5FNO. The highest BCUT2D eigenvalue weighted by molar-refractivity contribution is 5.47. The van der Waals surface area contributed by atoms with E-state index in [-0.39, 0.29) is 6.54 Å². The molecule has 0 aliphatic rings. The first-order valence-electron chi connectivity index (χ1n) is 1.70. The second-order valence-corrected chi connectivity index (χ2v) is 0.973. The lowest BCUT2D eigenvalue weighted by atomic mass is 10.6. The molecule has 0 aromatic rings. The van der Waals surface area contributed by atoms with Gasteiger partial charge in [-0.25, -0.2) is 4.39 Å². The van der Waals surface area contributed by atoms with Gasteiger partial charge in [-0.2, -0.15) is 0 Å². The Labute approximate surface area is 41.0 Å². The Hall–Kier alpha value is -0.860. The lowest BCUT2D eigenvalue weighted by molar-refractivity contribution is 0.535. The van der Waals surface area contributed by atoms with Gasteiger partial charge in [0.05, 0.1) is 6.54 Å². The van der Waals surface area contributed by atoms with Crippen molar-refractivity contribution in [2.75, 3.05) is 6.54 Å². The van der Waals surface area contributed by atoms with Gasteiger partial charge in [-0.15, -0.1) is 0 Å². The maximum absolute atomic E-state index is 11.5. The summed E-state index contributed by atoms with van der Waals surface area (Å²) in [5.74, 6) is -0.566. The van der Waals surface area contributed by atoms with E-state index in [4.69, 9.17) is 0 Å². The fourth-order valence-electron chi connectivity index (χ4n) is 0.132. The van der Waals surface area contributed by atoms with E-state index >= 15 is 0 Å². The summed E-state index contributed by atoms with van der Waals surface area (Å²) in [4.78, 5) is 9.27. The fourth-order valence-corrected chi connectivity index (χ4v) is 0.132. The van der Waals surface area contributed by atoms with Crippen LogP contribution in [0.5, 0.6) is 0 Å². The summed E-state index contributed by atoms with van der Waals surface area (Å²) in [6, 6.07) is 0. The van der Waals surface area contributed by atoms with Gasteiger partial charge in [-0.3, -0.25) is 4.79 Å². The van der Waals surface area contributed by atoms with E-state index in [9.17, 15) is 9.18 Å². The van der Waals surface area contributed by atoms with Crippen molar-refractivity contribution in [2.24, 2.45) is 0 Å². The van der Waals surface area contributed by atoms with Crippen molar-refractivity contribution in [1.82, 2.24) is 5.32 Å². The molecule has 7 heavy (non-hydrogen) atoms. The highest BCUT2D eigenvalue weighted by Crippen LogP contribution is 1.83. The molecule has 3 heteroatoms. The predicted octanol–water partition coefficient (Wildman–Crippen LogP) is 0.126. The van der Waals surface area contributed by atoms with Crippen molar-refractivity contribution in [3.63, 3.8) is 0 Å². The summed E-state index contributed by atoms with van der Waals surface area (Å²) < 4.78 is 11.5.